The Hall–Kier alpha value is -1.59. The molecule has 2 heterocycles. The largest absolute Gasteiger partial charge is 0.493 e. The predicted molar refractivity (Wildman–Crippen MR) is 66.4 cm³/mol. The molecule has 96 valence electrons. The molecule has 2 unspecified atom stereocenters. The highest BCUT2D eigenvalue weighted by molar-refractivity contribution is 6.02. The van der Waals surface area contributed by atoms with Crippen LogP contribution in [0.3, 0.4) is 0 Å². The highest BCUT2D eigenvalue weighted by Crippen LogP contribution is 2.32. The van der Waals surface area contributed by atoms with E-state index in [1.165, 1.54) is 0 Å². The van der Waals surface area contributed by atoms with Crippen LogP contribution in [0.25, 0.3) is 0 Å². The number of fused-ring (bicyclic) bond motifs is 1. The molecule has 5 nitrogen and oxygen atoms in total. The number of amides is 1. The molecule has 1 amide bonds. The Balaban J connectivity index is 1.67. The second-order valence-electron chi connectivity index (χ2n) is 4.76. The van der Waals surface area contributed by atoms with Crippen LogP contribution in [0.4, 0.5) is 5.69 Å². The number of carbonyl (C=O) groups excluding carboxylic acids is 1. The molecule has 5 heteroatoms. The summed E-state index contributed by atoms with van der Waals surface area (Å²) in [6.07, 6.45) is 1.05. The van der Waals surface area contributed by atoms with Gasteiger partial charge in [-0.25, -0.2) is 0 Å². The number of benzene rings is 1. The van der Waals surface area contributed by atoms with Gasteiger partial charge in [-0.1, -0.05) is 6.07 Å². The molecular formula is C13H16N2O3. The Morgan fingerprint density at radius 2 is 2.39 bits per heavy atom. The third kappa shape index (κ3) is 2.07. The zero-order valence-corrected chi connectivity index (χ0v) is 10.0. The standard InChI is InChI=1S/C13H16N2O3/c14-12-10-2-1-9(5-11(10)15-13(12)16)18-7-8-3-4-17-6-8/h1-2,5,8,12H,3-4,6-7,14H2,(H,15,16). The van der Waals surface area contributed by atoms with Gasteiger partial charge in [0.2, 0.25) is 5.91 Å². The maximum Gasteiger partial charge on any atom is 0.245 e. The molecule has 1 aromatic carbocycles. The van der Waals surface area contributed by atoms with Gasteiger partial charge in [-0.05, 0) is 12.5 Å². The Morgan fingerprint density at radius 3 is 3.17 bits per heavy atom. The minimum Gasteiger partial charge on any atom is -0.493 e. The number of ether oxygens (including phenoxy) is 2. The van der Waals surface area contributed by atoms with E-state index in [-0.39, 0.29) is 5.91 Å². The van der Waals surface area contributed by atoms with Crippen molar-refractivity contribution < 1.29 is 14.3 Å². The fraction of sp³-hybridized carbons (Fsp3) is 0.462. The summed E-state index contributed by atoms with van der Waals surface area (Å²) in [4.78, 5) is 11.4. The minimum absolute atomic E-state index is 0.161. The van der Waals surface area contributed by atoms with E-state index in [2.05, 4.69) is 5.32 Å². The highest BCUT2D eigenvalue weighted by atomic mass is 16.5. The Morgan fingerprint density at radius 1 is 1.50 bits per heavy atom. The Labute approximate surface area is 105 Å². The number of nitrogens with one attached hydrogen (secondary N) is 1. The maximum absolute atomic E-state index is 11.4. The molecule has 0 saturated carbocycles. The van der Waals surface area contributed by atoms with Crippen LogP contribution < -0.4 is 15.8 Å². The molecule has 0 bridgehead atoms. The van der Waals surface area contributed by atoms with Crippen molar-refractivity contribution in [1.29, 1.82) is 0 Å². The average Bonchev–Trinajstić information content (AvgIpc) is 2.97. The lowest BCUT2D eigenvalue weighted by Gasteiger charge is -2.11. The molecule has 2 aliphatic heterocycles. The smallest absolute Gasteiger partial charge is 0.245 e. The summed E-state index contributed by atoms with van der Waals surface area (Å²) in [6.45, 7) is 2.24. The molecule has 2 aliphatic rings. The van der Waals surface area contributed by atoms with Gasteiger partial charge in [0.25, 0.3) is 0 Å². The SMILES string of the molecule is NC1C(=O)Nc2cc(OCC3CCOC3)ccc21. The van der Waals surface area contributed by atoms with E-state index >= 15 is 0 Å². The summed E-state index contributed by atoms with van der Waals surface area (Å²) in [5.41, 5.74) is 7.33. The van der Waals surface area contributed by atoms with Crippen LogP contribution in [0.2, 0.25) is 0 Å². The molecular weight excluding hydrogens is 232 g/mol. The van der Waals surface area contributed by atoms with Gasteiger partial charge in [-0.3, -0.25) is 4.79 Å². The quantitative estimate of drug-likeness (QED) is 0.838. The predicted octanol–water partition coefficient (Wildman–Crippen LogP) is 1.05. The van der Waals surface area contributed by atoms with Crippen molar-refractivity contribution in [3.05, 3.63) is 23.8 Å². The average molecular weight is 248 g/mol. The first-order valence-corrected chi connectivity index (χ1v) is 6.15. The Kier molecular flexibility index (Phi) is 2.93. The van der Waals surface area contributed by atoms with Gasteiger partial charge in [0.15, 0.2) is 0 Å². The lowest BCUT2D eigenvalue weighted by atomic mass is 10.1. The number of hydrogen-bond donors (Lipinski definition) is 2. The first kappa shape index (κ1) is 11.5. The van der Waals surface area contributed by atoms with E-state index in [9.17, 15) is 4.79 Å². The molecule has 1 saturated heterocycles. The third-order valence-corrected chi connectivity index (χ3v) is 3.41. The van der Waals surface area contributed by atoms with E-state index in [1.54, 1.807) is 0 Å². The molecule has 18 heavy (non-hydrogen) atoms. The van der Waals surface area contributed by atoms with Crippen molar-refractivity contribution in [3.63, 3.8) is 0 Å². The first-order chi connectivity index (χ1) is 8.74. The number of rotatable bonds is 3. The van der Waals surface area contributed by atoms with Gasteiger partial charge in [0.05, 0.1) is 13.2 Å². The van der Waals surface area contributed by atoms with Gasteiger partial charge in [0, 0.05) is 29.8 Å². The normalized spacial score (nSPS) is 25.9. The van der Waals surface area contributed by atoms with Gasteiger partial charge < -0.3 is 20.5 Å². The van der Waals surface area contributed by atoms with Crippen molar-refractivity contribution >= 4 is 11.6 Å². The van der Waals surface area contributed by atoms with Gasteiger partial charge in [-0.2, -0.15) is 0 Å². The summed E-state index contributed by atoms with van der Waals surface area (Å²) in [7, 11) is 0. The van der Waals surface area contributed by atoms with E-state index in [1.807, 2.05) is 18.2 Å². The summed E-state index contributed by atoms with van der Waals surface area (Å²) in [5, 5.41) is 2.75. The Bertz CT molecular complexity index is 469. The number of carbonyl (C=O) groups is 1. The third-order valence-electron chi connectivity index (χ3n) is 3.41. The summed E-state index contributed by atoms with van der Waals surface area (Å²) in [6, 6.07) is 4.97. The molecule has 0 radical (unpaired) electrons. The van der Waals surface area contributed by atoms with Crippen molar-refractivity contribution in [3.8, 4) is 5.75 Å². The fourth-order valence-corrected chi connectivity index (χ4v) is 2.29. The van der Waals surface area contributed by atoms with Gasteiger partial charge >= 0.3 is 0 Å². The van der Waals surface area contributed by atoms with E-state index in [0.29, 0.717) is 12.5 Å². The topological polar surface area (TPSA) is 73.6 Å². The molecule has 0 aliphatic carbocycles. The lowest BCUT2D eigenvalue weighted by Crippen LogP contribution is -2.19. The number of hydrogen-bond acceptors (Lipinski definition) is 4. The van der Waals surface area contributed by atoms with Gasteiger partial charge in [-0.15, -0.1) is 0 Å². The lowest BCUT2D eigenvalue weighted by molar-refractivity contribution is -0.116. The van der Waals surface area contributed by atoms with Crippen molar-refractivity contribution in [2.24, 2.45) is 11.7 Å². The molecule has 3 N–H and O–H groups in total. The highest BCUT2D eigenvalue weighted by Gasteiger charge is 2.27. The van der Waals surface area contributed by atoms with Crippen LogP contribution in [0.1, 0.15) is 18.0 Å². The molecule has 2 atom stereocenters. The van der Waals surface area contributed by atoms with Crippen LogP contribution in [-0.2, 0) is 9.53 Å². The monoisotopic (exact) mass is 248 g/mol. The fourth-order valence-electron chi connectivity index (χ4n) is 2.29. The number of anilines is 1. The van der Waals surface area contributed by atoms with Crippen LogP contribution in [0.5, 0.6) is 5.75 Å². The van der Waals surface area contributed by atoms with E-state index < -0.39 is 6.04 Å². The summed E-state index contributed by atoms with van der Waals surface area (Å²) in [5.74, 6) is 1.07. The molecule has 0 spiro atoms. The molecule has 0 aromatic heterocycles. The summed E-state index contributed by atoms with van der Waals surface area (Å²) < 4.78 is 11.0. The molecule has 1 fully saturated rings. The van der Waals surface area contributed by atoms with E-state index in [4.69, 9.17) is 15.2 Å². The van der Waals surface area contributed by atoms with Crippen LogP contribution in [0, 0.1) is 5.92 Å². The summed E-state index contributed by atoms with van der Waals surface area (Å²) >= 11 is 0. The van der Waals surface area contributed by atoms with Crippen molar-refractivity contribution in [1.82, 2.24) is 0 Å². The second-order valence-corrected chi connectivity index (χ2v) is 4.76. The molecule has 3 rings (SSSR count). The maximum atomic E-state index is 11.4. The first-order valence-electron chi connectivity index (χ1n) is 6.15. The van der Waals surface area contributed by atoms with Crippen LogP contribution in [0.15, 0.2) is 18.2 Å². The van der Waals surface area contributed by atoms with Gasteiger partial charge in [0.1, 0.15) is 11.8 Å². The van der Waals surface area contributed by atoms with Crippen molar-refractivity contribution in [2.75, 3.05) is 25.1 Å². The zero-order valence-electron chi connectivity index (χ0n) is 10.0. The minimum atomic E-state index is -0.558. The zero-order chi connectivity index (χ0) is 12.5. The van der Waals surface area contributed by atoms with Crippen LogP contribution >= 0.6 is 0 Å². The van der Waals surface area contributed by atoms with Crippen molar-refractivity contribution in [2.45, 2.75) is 12.5 Å². The second kappa shape index (κ2) is 4.59. The number of nitrogens with two attached hydrogens (primary N) is 1. The van der Waals surface area contributed by atoms with E-state index in [0.717, 1.165) is 36.6 Å². The molecule has 1 aromatic rings. The van der Waals surface area contributed by atoms with Crippen LogP contribution in [-0.4, -0.2) is 25.7 Å².